The fraction of sp³-hybridized carbons (Fsp3) is 0.250. The van der Waals surface area contributed by atoms with Crippen molar-refractivity contribution in [3.63, 3.8) is 0 Å². The Hall–Kier alpha value is -1.91. The van der Waals surface area contributed by atoms with E-state index in [0.29, 0.717) is 11.3 Å². The Balaban J connectivity index is 2.54. The summed E-state index contributed by atoms with van der Waals surface area (Å²) in [6, 6.07) is 10.2. The molecule has 0 aromatic heterocycles. The summed E-state index contributed by atoms with van der Waals surface area (Å²) in [7, 11) is 1.56. The molecule has 1 unspecified atom stereocenters. The van der Waals surface area contributed by atoms with Crippen molar-refractivity contribution < 1.29 is 9.13 Å². The minimum Gasteiger partial charge on any atom is -0.496 e. The van der Waals surface area contributed by atoms with E-state index in [9.17, 15) is 4.39 Å². The van der Waals surface area contributed by atoms with E-state index in [1.807, 2.05) is 26.0 Å². The van der Waals surface area contributed by atoms with Crippen molar-refractivity contribution in [1.29, 1.82) is 0 Å². The number of methoxy groups -OCH3 is 1. The predicted octanol–water partition coefficient (Wildman–Crippen LogP) is 3.00. The van der Waals surface area contributed by atoms with Gasteiger partial charge in [0.15, 0.2) is 0 Å². The quantitative estimate of drug-likeness (QED) is 0.665. The van der Waals surface area contributed by atoms with E-state index >= 15 is 0 Å². The number of nitrogens with two attached hydrogens (primary N) is 1. The van der Waals surface area contributed by atoms with Crippen molar-refractivity contribution in [2.75, 3.05) is 7.11 Å². The van der Waals surface area contributed by atoms with Crippen molar-refractivity contribution in [2.45, 2.75) is 19.9 Å². The highest BCUT2D eigenvalue weighted by Gasteiger charge is 2.19. The molecule has 0 spiro atoms. The minimum absolute atomic E-state index is 0.314. The summed E-state index contributed by atoms with van der Waals surface area (Å²) in [4.78, 5) is 0. The van der Waals surface area contributed by atoms with Crippen LogP contribution in [0.2, 0.25) is 0 Å². The molecule has 0 aliphatic heterocycles. The van der Waals surface area contributed by atoms with Crippen LogP contribution >= 0.6 is 0 Å². The highest BCUT2D eigenvalue weighted by Crippen LogP contribution is 2.32. The van der Waals surface area contributed by atoms with Crippen LogP contribution in [0, 0.1) is 19.7 Å². The average molecular weight is 274 g/mol. The van der Waals surface area contributed by atoms with Crippen molar-refractivity contribution in [1.82, 2.24) is 5.43 Å². The summed E-state index contributed by atoms with van der Waals surface area (Å²) >= 11 is 0. The Morgan fingerprint density at radius 1 is 1.10 bits per heavy atom. The third-order valence-corrected chi connectivity index (χ3v) is 3.41. The number of nitrogens with one attached hydrogen (secondary N) is 1. The first kappa shape index (κ1) is 14.5. The van der Waals surface area contributed by atoms with E-state index in [-0.39, 0.29) is 11.9 Å². The van der Waals surface area contributed by atoms with Gasteiger partial charge in [-0.25, -0.2) is 9.82 Å². The van der Waals surface area contributed by atoms with E-state index in [1.165, 1.54) is 17.7 Å². The van der Waals surface area contributed by atoms with Crippen LogP contribution < -0.4 is 16.0 Å². The number of ether oxygens (including phenoxy) is 1. The van der Waals surface area contributed by atoms with Crippen molar-refractivity contribution in [3.8, 4) is 5.75 Å². The van der Waals surface area contributed by atoms with Crippen LogP contribution in [0.3, 0.4) is 0 Å². The number of hydrogen-bond donors (Lipinski definition) is 2. The first-order valence-corrected chi connectivity index (χ1v) is 6.43. The molecule has 0 fully saturated rings. The molecule has 0 aliphatic rings. The number of aryl methyl sites for hydroxylation is 2. The fourth-order valence-corrected chi connectivity index (χ4v) is 2.43. The zero-order valence-electron chi connectivity index (χ0n) is 11.9. The van der Waals surface area contributed by atoms with Gasteiger partial charge in [-0.15, -0.1) is 0 Å². The van der Waals surface area contributed by atoms with Crippen molar-refractivity contribution in [3.05, 3.63) is 64.5 Å². The second-order valence-electron chi connectivity index (χ2n) is 4.85. The molecule has 0 amide bonds. The van der Waals surface area contributed by atoms with Gasteiger partial charge in [0.1, 0.15) is 11.6 Å². The molecule has 106 valence electrons. The lowest BCUT2D eigenvalue weighted by atomic mass is 9.93. The molecule has 20 heavy (non-hydrogen) atoms. The number of rotatable bonds is 4. The van der Waals surface area contributed by atoms with E-state index in [2.05, 4.69) is 11.5 Å². The minimum atomic E-state index is -0.318. The highest BCUT2D eigenvalue weighted by molar-refractivity contribution is 5.44. The second-order valence-corrected chi connectivity index (χ2v) is 4.85. The molecule has 0 aliphatic carbocycles. The lowest BCUT2D eigenvalue weighted by Gasteiger charge is -2.21. The highest BCUT2D eigenvalue weighted by atomic mass is 19.1. The van der Waals surface area contributed by atoms with Crippen molar-refractivity contribution in [2.24, 2.45) is 5.84 Å². The van der Waals surface area contributed by atoms with Gasteiger partial charge in [-0.2, -0.15) is 0 Å². The maximum Gasteiger partial charge on any atom is 0.124 e. The SMILES string of the molecule is COc1ccc(F)cc1C(NN)c1ccc(C)cc1C. The Morgan fingerprint density at radius 3 is 2.45 bits per heavy atom. The zero-order valence-corrected chi connectivity index (χ0v) is 11.9. The molecule has 4 heteroatoms. The smallest absolute Gasteiger partial charge is 0.124 e. The van der Waals surface area contributed by atoms with E-state index < -0.39 is 0 Å². The molecule has 1 atom stereocenters. The third kappa shape index (κ3) is 2.81. The fourth-order valence-electron chi connectivity index (χ4n) is 2.43. The van der Waals surface area contributed by atoms with E-state index in [0.717, 1.165) is 11.1 Å². The molecule has 0 radical (unpaired) electrons. The van der Waals surface area contributed by atoms with Gasteiger partial charge in [0.05, 0.1) is 13.2 Å². The molecule has 3 nitrogen and oxygen atoms in total. The Labute approximate surface area is 118 Å². The summed E-state index contributed by atoms with van der Waals surface area (Å²) in [5.74, 6) is 5.98. The summed E-state index contributed by atoms with van der Waals surface area (Å²) < 4.78 is 18.8. The molecule has 0 saturated carbocycles. The first-order chi connectivity index (χ1) is 9.56. The van der Waals surface area contributed by atoms with Gasteiger partial charge in [0, 0.05) is 5.56 Å². The third-order valence-electron chi connectivity index (χ3n) is 3.41. The molecule has 0 saturated heterocycles. The average Bonchev–Trinajstić information content (AvgIpc) is 2.42. The molecular weight excluding hydrogens is 255 g/mol. The van der Waals surface area contributed by atoms with E-state index in [1.54, 1.807) is 13.2 Å². The van der Waals surface area contributed by atoms with Gasteiger partial charge < -0.3 is 4.74 Å². The van der Waals surface area contributed by atoms with Gasteiger partial charge in [-0.05, 0) is 43.2 Å². The van der Waals surface area contributed by atoms with Crippen LogP contribution in [-0.2, 0) is 0 Å². The van der Waals surface area contributed by atoms with Crippen LogP contribution in [0.4, 0.5) is 4.39 Å². The summed E-state index contributed by atoms with van der Waals surface area (Å²) in [6.45, 7) is 4.04. The summed E-state index contributed by atoms with van der Waals surface area (Å²) in [6.07, 6.45) is 0. The normalized spacial score (nSPS) is 12.2. The van der Waals surface area contributed by atoms with Gasteiger partial charge in [-0.3, -0.25) is 5.84 Å². The van der Waals surface area contributed by atoms with Gasteiger partial charge >= 0.3 is 0 Å². The van der Waals surface area contributed by atoms with Gasteiger partial charge in [-0.1, -0.05) is 23.8 Å². The summed E-state index contributed by atoms with van der Waals surface area (Å²) in [5.41, 5.74) is 6.71. The molecule has 3 N–H and O–H groups in total. The molecule has 2 aromatic rings. The number of hydrogen-bond acceptors (Lipinski definition) is 3. The number of benzene rings is 2. The van der Waals surface area contributed by atoms with Crippen LogP contribution in [0.15, 0.2) is 36.4 Å². The monoisotopic (exact) mass is 274 g/mol. The number of hydrazine groups is 1. The summed E-state index contributed by atoms with van der Waals surface area (Å²) in [5, 5.41) is 0. The topological polar surface area (TPSA) is 47.3 Å². The van der Waals surface area contributed by atoms with Crippen LogP contribution in [0.5, 0.6) is 5.75 Å². The van der Waals surface area contributed by atoms with Crippen molar-refractivity contribution >= 4 is 0 Å². The molecule has 0 heterocycles. The maximum absolute atomic E-state index is 13.5. The van der Waals surface area contributed by atoms with Crippen LogP contribution in [0.25, 0.3) is 0 Å². The largest absolute Gasteiger partial charge is 0.496 e. The predicted molar refractivity (Wildman–Crippen MR) is 78.0 cm³/mol. The Kier molecular flexibility index (Phi) is 4.37. The molecule has 0 bridgehead atoms. The Morgan fingerprint density at radius 2 is 1.85 bits per heavy atom. The van der Waals surface area contributed by atoms with Crippen LogP contribution in [-0.4, -0.2) is 7.11 Å². The van der Waals surface area contributed by atoms with E-state index in [4.69, 9.17) is 10.6 Å². The maximum atomic E-state index is 13.5. The molecule has 2 aromatic carbocycles. The lowest BCUT2D eigenvalue weighted by Crippen LogP contribution is -2.29. The first-order valence-electron chi connectivity index (χ1n) is 6.43. The van der Waals surface area contributed by atoms with Gasteiger partial charge in [0.2, 0.25) is 0 Å². The Bertz CT molecular complexity index is 613. The van der Waals surface area contributed by atoms with Crippen LogP contribution in [0.1, 0.15) is 28.3 Å². The van der Waals surface area contributed by atoms with Gasteiger partial charge in [0.25, 0.3) is 0 Å². The lowest BCUT2D eigenvalue weighted by molar-refractivity contribution is 0.402. The second kappa shape index (κ2) is 6.03. The number of halogens is 1. The molecule has 2 rings (SSSR count). The zero-order chi connectivity index (χ0) is 14.7. The standard InChI is InChI=1S/C16H19FN2O/c1-10-4-6-13(11(2)8-10)16(19-18)14-9-12(17)5-7-15(14)20-3/h4-9,16,19H,18H2,1-3H3. The molecular formula is C16H19FN2O.